The van der Waals surface area contributed by atoms with E-state index >= 15 is 0 Å². The second kappa shape index (κ2) is 12.8. The molecular formula is C48H23B7N2O. The molecule has 11 aromatic rings. The predicted molar refractivity (Wildman–Crippen MR) is 251 cm³/mol. The summed E-state index contributed by atoms with van der Waals surface area (Å²) in [6, 6.07) is 47.3. The number of hydrogen-bond donors (Lipinski definition) is 0. The molecule has 10 heteroatoms. The number of furan rings is 1. The molecule has 0 spiro atoms. The highest BCUT2D eigenvalue weighted by molar-refractivity contribution is 6.69. The molecule has 0 aliphatic heterocycles. The summed E-state index contributed by atoms with van der Waals surface area (Å²) in [6.07, 6.45) is 0. The van der Waals surface area contributed by atoms with Crippen molar-refractivity contribution in [3.63, 3.8) is 0 Å². The lowest BCUT2D eigenvalue weighted by Crippen LogP contribution is -2.48. The second-order valence-corrected chi connectivity index (χ2v) is 14.8. The molecular weight excluding hydrogens is 696 g/mol. The molecule has 0 aliphatic rings. The van der Waals surface area contributed by atoms with Crippen LogP contribution in [0.25, 0.3) is 99.2 Å². The maximum Gasteiger partial charge on any atom is 0.137 e. The zero-order valence-corrected chi connectivity index (χ0v) is 31.1. The minimum atomic E-state index is 0.164. The quantitative estimate of drug-likeness (QED) is 0.243. The van der Waals surface area contributed by atoms with Crippen molar-refractivity contribution in [3.8, 4) is 33.6 Å². The minimum absolute atomic E-state index is 0.164. The molecule has 3 heterocycles. The van der Waals surface area contributed by atoms with Crippen LogP contribution >= 0.6 is 0 Å². The fraction of sp³-hybridized carbons (Fsp3) is 0. The van der Waals surface area contributed by atoms with Crippen LogP contribution in [0.3, 0.4) is 0 Å². The Morgan fingerprint density at radius 3 is 1.78 bits per heavy atom. The highest BCUT2D eigenvalue weighted by Gasteiger charge is 2.26. The van der Waals surface area contributed by atoms with E-state index in [-0.39, 0.29) is 21.9 Å². The van der Waals surface area contributed by atoms with E-state index in [2.05, 4.69) is 71.3 Å². The zero-order chi connectivity index (χ0) is 39.6. The molecule has 0 N–H and O–H groups in total. The molecule has 0 aliphatic carbocycles. The third-order valence-corrected chi connectivity index (χ3v) is 11.7. The smallest absolute Gasteiger partial charge is 0.137 e. The third kappa shape index (κ3) is 4.78. The van der Waals surface area contributed by atoms with E-state index in [9.17, 15) is 0 Å². The predicted octanol–water partition coefficient (Wildman–Crippen LogP) is 4.67. The zero-order valence-electron chi connectivity index (χ0n) is 31.1. The molecule has 0 saturated carbocycles. The standard InChI is InChI=1S/C48H23B7N2O/c49-40-36(26-19-21-31-30(22-26)28-20-18-25(24-10-3-1-4-11-24)23-33(28)56(31)27-12-5-2-6-13-27)41(50)45(54)47-38(40)39-42(51)43(52)44(53)46(55)48(39)57(47)32-15-9-17-35-37(32)29-14-7-8-16-34(29)58-35/h1-23H. The minimum Gasteiger partial charge on any atom is -0.456 e. The number of rotatable bonds is 4. The Hall–Kier alpha value is -6.39. The van der Waals surface area contributed by atoms with Crippen molar-refractivity contribution < 1.29 is 4.42 Å². The van der Waals surface area contributed by atoms with Crippen LogP contribution in [0.2, 0.25) is 0 Å². The topological polar surface area (TPSA) is 23.0 Å². The van der Waals surface area contributed by atoms with Crippen LogP contribution in [0, 0.1) is 0 Å². The summed E-state index contributed by atoms with van der Waals surface area (Å²) in [5.74, 6) is 0. The van der Waals surface area contributed by atoms with Crippen LogP contribution in [0.5, 0.6) is 0 Å². The number of para-hydroxylation sites is 2. The van der Waals surface area contributed by atoms with Gasteiger partial charge in [-0.3, -0.25) is 0 Å². The lowest BCUT2D eigenvalue weighted by Gasteiger charge is -2.19. The van der Waals surface area contributed by atoms with E-state index in [1.807, 2.05) is 77.4 Å². The van der Waals surface area contributed by atoms with E-state index in [0.29, 0.717) is 49.3 Å². The van der Waals surface area contributed by atoms with Gasteiger partial charge in [-0.15, -0.1) is 10.9 Å². The summed E-state index contributed by atoms with van der Waals surface area (Å²) in [7, 11) is 48.7. The maximum atomic E-state index is 7.36. The van der Waals surface area contributed by atoms with Gasteiger partial charge in [-0.2, -0.15) is 0 Å². The average molecular weight is 719 g/mol. The molecule has 3 nitrogen and oxygen atoms in total. The van der Waals surface area contributed by atoms with Crippen molar-refractivity contribution in [2.24, 2.45) is 0 Å². The van der Waals surface area contributed by atoms with Crippen molar-refractivity contribution in [1.82, 2.24) is 9.13 Å². The van der Waals surface area contributed by atoms with Crippen LogP contribution in [0.1, 0.15) is 0 Å². The number of nitrogens with zero attached hydrogens (tertiary/aromatic N) is 2. The highest BCUT2D eigenvalue weighted by atomic mass is 16.3. The molecule has 0 atom stereocenters. The van der Waals surface area contributed by atoms with Gasteiger partial charge in [0.1, 0.15) is 66.1 Å². The third-order valence-electron chi connectivity index (χ3n) is 11.7. The summed E-state index contributed by atoms with van der Waals surface area (Å²) in [4.78, 5) is 0. The summed E-state index contributed by atoms with van der Waals surface area (Å²) >= 11 is 0. The average Bonchev–Trinajstić information content (AvgIpc) is 3.93. The Bertz CT molecular complexity index is 3530. The molecule has 58 heavy (non-hydrogen) atoms. The Kier molecular flexibility index (Phi) is 7.69. The normalized spacial score (nSPS) is 11.9. The molecule has 8 aromatic carbocycles. The van der Waals surface area contributed by atoms with Crippen LogP contribution < -0.4 is 38.2 Å². The fourth-order valence-electron chi connectivity index (χ4n) is 9.03. The molecule has 14 radical (unpaired) electrons. The van der Waals surface area contributed by atoms with E-state index in [0.717, 1.165) is 66.2 Å². The summed E-state index contributed by atoms with van der Waals surface area (Å²) in [5.41, 5.74) is 11.8. The Balaban J connectivity index is 1.23. The summed E-state index contributed by atoms with van der Waals surface area (Å²) in [5, 5.41) is 4.95. The largest absolute Gasteiger partial charge is 0.456 e. The van der Waals surface area contributed by atoms with E-state index in [1.54, 1.807) is 0 Å². The Morgan fingerprint density at radius 1 is 0.362 bits per heavy atom. The van der Waals surface area contributed by atoms with E-state index < -0.39 is 0 Å². The number of fused-ring (bicyclic) bond motifs is 9. The van der Waals surface area contributed by atoms with Gasteiger partial charge in [0.05, 0.1) is 22.1 Å². The molecule has 0 saturated heterocycles. The maximum absolute atomic E-state index is 7.36. The second-order valence-electron chi connectivity index (χ2n) is 14.8. The first-order chi connectivity index (χ1) is 28.2. The van der Waals surface area contributed by atoms with Crippen LogP contribution in [-0.4, -0.2) is 64.1 Å². The summed E-state index contributed by atoms with van der Waals surface area (Å²) in [6.45, 7) is 0. The molecule has 11 rings (SSSR count). The molecule has 0 unspecified atom stereocenters. The number of benzene rings is 8. The van der Waals surface area contributed by atoms with Gasteiger partial charge in [0, 0.05) is 38.3 Å². The molecule has 0 fully saturated rings. The monoisotopic (exact) mass is 720 g/mol. The van der Waals surface area contributed by atoms with Crippen molar-refractivity contribution in [3.05, 3.63) is 140 Å². The van der Waals surface area contributed by atoms with Crippen molar-refractivity contribution in [2.75, 3.05) is 0 Å². The van der Waals surface area contributed by atoms with Crippen molar-refractivity contribution >= 4 is 159 Å². The van der Waals surface area contributed by atoms with Crippen molar-refractivity contribution in [1.29, 1.82) is 0 Å². The lowest BCUT2D eigenvalue weighted by atomic mass is 9.64. The van der Waals surface area contributed by atoms with Gasteiger partial charge < -0.3 is 13.6 Å². The number of aromatic nitrogens is 2. The van der Waals surface area contributed by atoms with Gasteiger partial charge >= 0.3 is 0 Å². The first kappa shape index (κ1) is 34.8. The van der Waals surface area contributed by atoms with Crippen LogP contribution in [0.15, 0.2) is 144 Å². The van der Waals surface area contributed by atoms with Gasteiger partial charge in [0.2, 0.25) is 0 Å². The Labute approximate surface area is 343 Å². The van der Waals surface area contributed by atoms with Gasteiger partial charge in [-0.25, -0.2) is 0 Å². The van der Waals surface area contributed by atoms with E-state index in [4.69, 9.17) is 59.3 Å². The molecule has 0 bridgehead atoms. The first-order valence-electron chi connectivity index (χ1n) is 18.9. The molecule has 3 aromatic heterocycles. The van der Waals surface area contributed by atoms with Crippen molar-refractivity contribution in [2.45, 2.75) is 0 Å². The summed E-state index contributed by atoms with van der Waals surface area (Å²) < 4.78 is 10.5. The Morgan fingerprint density at radius 2 is 1.00 bits per heavy atom. The number of hydrogen-bond acceptors (Lipinski definition) is 1. The van der Waals surface area contributed by atoms with Gasteiger partial charge in [0.25, 0.3) is 0 Å². The van der Waals surface area contributed by atoms with Gasteiger partial charge in [0.15, 0.2) is 0 Å². The molecule has 0 amide bonds. The van der Waals surface area contributed by atoms with Gasteiger partial charge in [-0.1, -0.05) is 118 Å². The highest BCUT2D eigenvalue weighted by Crippen LogP contribution is 2.39. The van der Waals surface area contributed by atoms with Crippen LogP contribution in [-0.2, 0) is 0 Å². The SMILES string of the molecule is [B]c1c([B])c([B])c2c(c1[B])c1c([B])c(-c3ccc4c(c3)c3ccc(-c5ccccc5)cc3n4-c3ccccc3)c([B])c([B])c1n2-c1cccc2oc3ccccc3c12. The van der Waals surface area contributed by atoms with Crippen LogP contribution in [0.4, 0.5) is 0 Å². The van der Waals surface area contributed by atoms with Gasteiger partial charge in [-0.05, 0) is 76.2 Å². The van der Waals surface area contributed by atoms with E-state index in [1.165, 1.54) is 0 Å². The molecule has 252 valence electrons. The first-order valence-corrected chi connectivity index (χ1v) is 18.9. The fourth-order valence-corrected chi connectivity index (χ4v) is 9.03. The lowest BCUT2D eigenvalue weighted by molar-refractivity contribution is 0.669.